The van der Waals surface area contributed by atoms with E-state index >= 15 is 0 Å². The van der Waals surface area contributed by atoms with Crippen LogP contribution < -0.4 is 0 Å². The van der Waals surface area contributed by atoms with Crippen molar-refractivity contribution in [2.24, 2.45) is 0 Å². The molecule has 0 aliphatic heterocycles. The third-order valence-electron chi connectivity index (χ3n) is 4.60. The summed E-state index contributed by atoms with van der Waals surface area (Å²) in [6.07, 6.45) is 1.95. The van der Waals surface area contributed by atoms with Gasteiger partial charge >= 0.3 is 0 Å². The van der Waals surface area contributed by atoms with Gasteiger partial charge in [0.15, 0.2) is 0 Å². The molecule has 1 heterocycles. The van der Waals surface area contributed by atoms with Crippen molar-refractivity contribution in [3.63, 3.8) is 0 Å². The van der Waals surface area contributed by atoms with Crippen molar-refractivity contribution in [1.29, 1.82) is 0 Å². The monoisotopic (exact) mass is 500 g/mol. The maximum absolute atomic E-state index is 4.72. The van der Waals surface area contributed by atoms with Crippen molar-refractivity contribution in [1.82, 2.24) is 9.55 Å². The van der Waals surface area contributed by atoms with Crippen LogP contribution in [-0.4, -0.2) is 9.55 Å². The summed E-state index contributed by atoms with van der Waals surface area (Å²) in [5, 5.41) is 4.81. The summed E-state index contributed by atoms with van der Waals surface area (Å²) in [5.41, 5.74) is 3.49. The molecule has 0 aliphatic rings. The minimum atomic E-state index is 0. The van der Waals surface area contributed by atoms with Crippen molar-refractivity contribution in [3.05, 3.63) is 90.8 Å². The first kappa shape index (κ1) is 16.0. The van der Waals surface area contributed by atoms with Crippen LogP contribution in [0.1, 0.15) is 5.56 Å². The van der Waals surface area contributed by atoms with Crippen LogP contribution >= 0.6 is 0 Å². The fourth-order valence-electron chi connectivity index (χ4n) is 3.53. The van der Waals surface area contributed by atoms with Crippen molar-refractivity contribution in [2.75, 3.05) is 0 Å². The van der Waals surface area contributed by atoms with Gasteiger partial charge in [-0.05, 0) is 10.9 Å². The molecule has 5 aromatic rings. The molecule has 0 spiro atoms. The molecule has 2 nitrogen and oxygen atoms in total. The van der Waals surface area contributed by atoms with Gasteiger partial charge in [-0.15, -0.1) is 29.7 Å². The number of hydrogen-bond donors (Lipinski definition) is 0. The fraction of sp³-hybridized carbons (Fsp3) is 0.0455. The molecule has 0 fully saturated rings. The summed E-state index contributed by atoms with van der Waals surface area (Å²) in [5.74, 6) is 0. The van der Waals surface area contributed by atoms with Crippen molar-refractivity contribution < 1.29 is 20.1 Å². The van der Waals surface area contributed by atoms with Gasteiger partial charge in [0.25, 0.3) is 0 Å². The molecule has 5 rings (SSSR count). The van der Waals surface area contributed by atoms with Crippen LogP contribution in [0.25, 0.3) is 32.6 Å². The quantitative estimate of drug-likeness (QED) is 0.242. The zero-order valence-corrected chi connectivity index (χ0v) is 15.8. The van der Waals surface area contributed by atoms with Crippen LogP contribution in [0.4, 0.5) is 0 Å². The smallest absolute Gasteiger partial charge is 0.0846 e. The van der Waals surface area contributed by atoms with Gasteiger partial charge in [-0.1, -0.05) is 65.4 Å². The molecule has 0 N–H and O–H groups in total. The van der Waals surface area contributed by atoms with Crippen molar-refractivity contribution in [2.45, 2.75) is 6.54 Å². The molecule has 0 aliphatic carbocycles. The number of fused-ring (bicyclic) bond motifs is 6. The van der Waals surface area contributed by atoms with E-state index in [4.69, 9.17) is 4.98 Å². The third kappa shape index (κ3) is 2.57. The second kappa shape index (κ2) is 6.44. The van der Waals surface area contributed by atoms with E-state index in [1.165, 1.54) is 27.2 Å². The molecule has 0 saturated carbocycles. The molecule has 123 valence electrons. The second-order valence-electron chi connectivity index (χ2n) is 6.06. The Hall–Kier alpha value is -2.48. The van der Waals surface area contributed by atoms with E-state index in [1.54, 1.807) is 0 Å². The normalized spacial score (nSPS) is 11.0. The van der Waals surface area contributed by atoms with Gasteiger partial charge in [-0.3, -0.25) is 4.98 Å². The first-order valence-corrected chi connectivity index (χ1v) is 8.12. The summed E-state index contributed by atoms with van der Waals surface area (Å²) in [7, 11) is 0. The van der Waals surface area contributed by atoms with Crippen LogP contribution in [0.15, 0.2) is 79.1 Å². The van der Waals surface area contributed by atoms with Crippen LogP contribution in [0.2, 0.25) is 0 Å². The second-order valence-corrected chi connectivity index (χ2v) is 6.06. The standard InChI is InChI=1S/C22H15N2.Ir/c1-2-8-16(9-3-1)14-24-15-23-21-19-12-6-4-10-17(19)18-11-5-7-13-20(18)22(21)24;/h1-11,13,15H,14H2;/q-1;. The average Bonchev–Trinajstić information content (AvgIpc) is 3.07. The molecule has 0 bridgehead atoms. The number of hydrogen-bond acceptors (Lipinski definition) is 1. The van der Waals surface area contributed by atoms with Crippen molar-refractivity contribution in [3.8, 4) is 0 Å². The summed E-state index contributed by atoms with van der Waals surface area (Å²) >= 11 is 0. The molecular formula is C22H15IrN2-. The predicted octanol–water partition coefficient (Wildman–Crippen LogP) is 5.19. The summed E-state index contributed by atoms with van der Waals surface area (Å²) in [4.78, 5) is 4.72. The van der Waals surface area contributed by atoms with Gasteiger partial charge in [-0.2, -0.15) is 0 Å². The summed E-state index contributed by atoms with van der Waals surface area (Å²) < 4.78 is 2.24. The number of nitrogens with zero attached hydrogens (tertiary/aromatic N) is 2. The average molecular weight is 500 g/mol. The Balaban J connectivity index is 0.00000157. The molecule has 25 heavy (non-hydrogen) atoms. The molecule has 3 heteroatoms. The Morgan fingerprint density at radius 2 is 1.52 bits per heavy atom. The molecule has 1 radical (unpaired) electrons. The third-order valence-corrected chi connectivity index (χ3v) is 4.60. The van der Waals surface area contributed by atoms with E-state index in [9.17, 15) is 0 Å². The Labute approximate surface area is 159 Å². The van der Waals surface area contributed by atoms with Crippen LogP contribution in [0.3, 0.4) is 0 Å². The van der Waals surface area contributed by atoms with Gasteiger partial charge in [0.2, 0.25) is 0 Å². The SMILES string of the molecule is [Ir].[c-]1cccc2c1c1ncn(Cc3ccccc3)c1c1ccccc21. The minimum Gasteiger partial charge on any atom is -0.334 e. The first-order chi connectivity index (χ1) is 11.9. The van der Waals surface area contributed by atoms with Crippen molar-refractivity contribution >= 4 is 32.6 Å². The van der Waals surface area contributed by atoms with E-state index in [0.29, 0.717) is 0 Å². The maximum Gasteiger partial charge on any atom is 0.0846 e. The summed E-state index contributed by atoms with van der Waals surface area (Å²) in [6, 6.07) is 28.6. The molecule has 0 amide bonds. The van der Waals surface area contributed by atoms with E-state index in [0.717, 1.165) is 17.4 Å². The zero-order valence-electron chi connectivity index (χ0n) is 13.4. The van der Waals surface area contributed by atoms with E-state index < -0.39 is 0 Å². The van der Waals surface area contributed by atoms with Crippen LogP contribution in [0.5, 0.6) is 0 Å². The predicted molar refractivity (Wildman–Crippen MR) is 99.1 cm³/mol. The molecular weight excluding hydrogens is 484 g/mol. The molecule has 0 atom stereocenters. The number of aromatic nitrogens is 2. The fourth-order valence-corrected chi connectivity index (χ4v) is 3.53. The first-order valence-electron chi connectivity index (χ1n) is 8.12. The van der Waals surface area contributed by atoms with E-state index in [-0.39, 0.29) is 20.1 Å². The minimum absolute atomic E-state index is 0. The van der Waals surface area contributed by atoms with Gasteiger partial charge in [0.05, 0.1) is 6.33 Å². The Kier molecular flexibility index (Phi) is 4.12. The topological polar surface area (TPSA) is 17.8 Å². The largest absolute Gasteiger partial charge is 0.334 e. The van der Waals surface area contributed by atoms with E-state index in [2.05, 4.69) is 65.2 Å². The molecule has 0 unspecified atom stereocenters. The summed E-state index contributed by atoms with van der Waals surface area (Å²) in [6.45, 7) is 0.819. The molecule has 1 aromatic heterocycles. The van der Waals surface area contributed by atoms with Gasteiger partial charge in [0.1, 0.15) is 0 Å². The van der Waals surface area contributed by atoms with E-state index in [1.807, 2.05) is 24.5 Å². The number of rotatable bonds is 2. The molecule has 0 saturated heterocycles. The zero-order chi connectivity index (χ0) is 15.9. The van der Waals surface area contributed by atoms with Gasteiger partial charge in [-0.25, -0.2) is 0 Å². The van der Waals surface area contributed by atoms with Gasteiger partial charge < -0.3 is 4.57 Å². The Morgan fingerprint density at radius 1 is 0.800 bits per heavy atom. The Bertz CT molecular complexity index is 1180. The Morgan fingerprint density at radius 3 is 2.36 bits per heavy atom. The number of imidazole rings is 1. The van der Waals surface area contributed by atoms with Crippen LogP contribution in [-0.2, 0) is 26.7 Å². The molecule has 4 aromatic carbocycles. The van der Waals surface area contributed by atoms with Crippen LogP contribution in [0, 0.1) is 6.07 Å². The van der Waals surface area contributed by atoms with Gasteiger partial charge in [0, 0.05) is 37.7 Å². The maximum atomic E-state index is 4.72. The number of benzene rings is 4.